The topological polar surface area (TPSA) is 63.1 Å². The van der Waals surface area contributed by atoms with E-state index in [9.17, 15) is 17.8 Å². The Hall–Kier alpha value is -3.78. The number of benzene rings is 3. The summed E-state index contributed by atoms with van der Waals surface area (Å²) in [4.78, 5) is 12.7. The zero-order valence-electron chi connectivity index (χ0n) is 17.9. The van der Waals surface area contributed by atoms with Gasteiger partial charge in [-0.25, -0.2) is 13.0 Å². The zero-order chi connectivity index (χ0) is 23.5. The largest absolute Gasteiger partial charge is 0.353 e. The molecule has 168 valence electrons. The first-order valence-electron chi connectivity index (χ1n) is 10.1. The van der Waals surface area contributed by atoms with Crippen LogP contribution in [0.4, 0.5) is 25.8 Å². The number of halogens is 2. The van der Waals surface area contributed by atoms with Crippen LogP contribution in [-0.4, -0.2) is 8.78 Å². The maximum atomic E-state index is 14.4. The van der Waals surface area contributed by atoms with Crippen molar-refractivity contribution in [3.8, 4) is 11.1 Å². The molecule has 4 rings (SSSR count). The van der Waals surface area contributed by atoms with E-state index in [0.29, 0.717) is 22.3 Å². The first-order valence-corrected chi connectivity index (χ1v) is 11.3. The second kappa shape index (κ2) is 9.38. The highest BCUT2D eigenvalue weighted by Gasteiger charge is 2.15. The van der Waals surface area contributed by atoms with Crippen molar-refractivity contribution in [1.29, 1.82) is 0 Å². The third kappa shape index (κ3) is 4.70. The summed E-state index contributed by atoms with van der Waals surface area (Å²) in [6.07, 6.45) is 3.39. The summed E-state index contributed by atoms with van der Waals surface area (Å²) in [6, 6.07) is 15.7. The summed E-state index contributed by atoms with van der Waals surface area (Å²) < 4.78 is 44.3. The van der Waals surface area contributed by atoms with Crippen LogP contribution >= 0.6 is 0 Å². The Kier molecular flexibility index (Phi) is 6.37. The number of hydrogen-bond acceptors (Lipinski definition) is 3. The lowest BCUT2D eigenvalue weighted by Gasteiger charge is -2.17. The van der Waals surface area contributed by atoms with Crippen LogP contribution in [0, 0.1) is 11.6 Å². The van der Waals surface area contributed by atoms with Crippen molar-refractivity contribution in [3.05, 3.63) is 100 Å². The summed E-state index contributed by atoms with van der Waals surface area (Å²) >= 11 is 0. The molecule has 2 N–H and O–H groups in total. The molecule has 0 amide bonds. The maximum Gasteiger partial charge on any atom is 0.258 e. The average molecular weight is 466 g/mol. The third-order valence-electron chi connectivity index (χ3n) is 5.08. The molecule has 33 heavy (non-hydrogen) atoms. The lowest BCUT2D eigenvalue weighted by molar-refractivity contribution is 0.586. The lowest BCUT2D eigenvalue weighted by atomic mass is 9.98. The highest BCUT2D eigenvalue weighted by molar-refractivity contribution is 7.89. The van der Waals surface area contributed by atoms with E-state index in [1.54, 1.807) is 56.6 Å². The van der Waals surface area contributed by atoms with E-state index in [4.69, 9.17) is 0 Å². The molecule has 0 saturated carbocycles. The smallest absolute Gasteiger partial charge is 0.258 e. The van der Waals surface area contributed by atoms with Crippen LogP contribution < -0.4 is 15.6 Å². The molecular formula is C25H21F2N3O2S. The van der Waals surface area contributed by atoms with Crippen molar-refractivity contribution >= 4 is 38.8 Å². The summed E-state index contributed by atoms with van der Waals surface area (Å²) in [5.41, 5.74) is 2.43. The van der Waals surface area contributed by atoms with Gasteiger partial charge in [0, 0.05) is 52.6 Å². The van der Waals surface area contributed by atoms with Gasteiger partial charge in [-0.1, -0.05) is 24.3 Å². The monoisotopic (exact) mass is 465 g/mol. The number of pyridine rings is 1. The third-order valence-corrected chi connectivity index (χ3v) is 6.04. The van der Waals surface area contributed by atoms with Crippen LogP contribution in [0.3, 0.4) is 0 Å². The van der Waals surface area contributed by atoms with Gasteiger partial charge in [0.05, 0.1) is 5.69 Å². The van der Waals surface area contributed by atoms with E-state index in [1.807, 2.05) is 12.1 Å². The molecule has 4 aromatic rings. The normalized spacial score (nSPS) is 12.2. The fraction of sp³-hybridized carbons (Fsp3) is 0.0800. The van der Waals surface area contributed by atoms with Gasteiger partial charge in [-0.05, 0) is 48.7 Å². The Balaban J connectivity index is 1.92. The van der Waals surface area contributed by atoms with Gasteiger partial charge in [0.15, 0.2) is 0 Å². The second-order valence-corrected chi connectivity index (χ2v) is 8.45. The van der Waals surface area contributed by atoms with Crippen LogP contribution in [0.1, 0.15) is 6.92 Å². The number of aryl methyl sites for hydroxylation is 1. The average Bonchev–Trinajstić information content (AvgIpc) is 2.79. The first-order chi connectivity index (χ1) is 15.9. The van der Waals surface area contributed by atoms with Crippen molar-refractivity contribution in [3.63, 3.8) is 0 Å². The van der Waals surface area contributed by atoms with Crippen molar-refractivity contribution in [2.45, 2.75) is 6.92 Å². The molecule has 0 spiro atoms. The number of allylic oxidation sites excluding steroid dienone is 1. The molecule has 0 bridgehead atoms. The SMILES string of the molecule is C/C=C/S(=O)Nc1ccc(Nc2ccc(F)cc2F)c(-c2cn(C)c(=O)c3ccccc23)c1. The molecule has 0 aliphatic heterocycles. The van der Waals surface area contributed by atoms with E-state index < -0.39 is 22.6 Å². The quantitative estimate of drug-likeness (QED) is 0.376. The van der Waals surface area contributed by atoms with E-state index >= 15 is 0 Å². The Labute approximate surface area is 192 Å². The van der Waals surface area contributed by atoms with Crippen molar-refractivity contribution in [2.24, 2.45) is 7.05 Å². The number of rotatable bonds is 6. The number of nitrogens with one attached hydrogen (secondary N) is 2. The first kappa shape index (κ1) is 22.4. The van der Waals surface area contributed by atoms with Gasteiger partial charge >= 0.3 is 0 Å². The summed E-state index contributed by atoms with van der Waals surface area (Å²) in [7, 11) is 0.231. The van der Waals surface area contributed by atoms with Gasteiger partial charge in [-0.2, -0.15) is 0 Å². The van der Waals surface area contributed by atoms with Gasteiger partial charge in [0.25, 0.3) is 5.56 Å². The minimum atomic E-state index is -1.43. The predicted octanol–water partition coefficient (Wildman–Crippen LogP) is 5.84. The molecule has 1 aromatic heterocycles. The molecule has 3 aromatic carbocycles. The van der Waals surface area contributed by atoms with Crippen LogP contribution in [0.15, 0.2) is 83.1 Å². The van der Waals surface area contributed by atoms with Crippen LogP contribution in [0.2, 0.25) is 0 Å². The van der Waals surface area contributed by atoms with Gasteiger partial charge in [0.2, 0.25) is 0 Å². The fourth-order valence-corrected chi connectivity index (χ4v) is 4.25. The molecule has 0 fully saturated rings. The molecule has 1 unspecified atom stereocenters. The molecular weight excluding hydrogens is 444 g/mol. The summed E-state index contributed by atoms with van der Waals surface area (Å²) in [6.45, 7) is 1.77. The Morgan fingerprint density at radius 1 is 0.939 bits per heavy atom. The zero-order valence-corrected chi connectivity index (χ0v) is 18.7. The number of hydrogen-bond donors (Lipinski definition) is 2. The maximum absolute atomic E-state index is 14.4. The highest BCUT2D eigenvalue weighted by Crippen LogP contribution is 2.36. The molecule has 8 heteroatoms. The minimum Gasteiger partial charge on any atom is -0.353 e. The van der Waals surface area contributed by atoms with Crippen molar-refractivity contribution in [1.82, 2.24) is 4.57 Å². The number of fused-ring (bicyclic) bond motifs is 1. The molecule has 0 aliphatic carbocycles. The van der Waals surface area contributed by atoms with E-state index in [0.717, 1.165) is 17.0 Å². The van der Waals surface area contributed by atoms with Crippen molar-refractivity contribution < 1.29 is 13.0 Å². The number of anilines is 3. The molecule has 0 radical (unpaired) electrons. The Morgan fingerprint density at radius 3 is 2.39 bits per heavy atom. The van der Waals surface area contributed by atoms with Gasteiger partial charge in [-0.3, -0.25) is 4.79 Å². The van der Waals surface area contributed by atoms with E-state index in [-0.39, 0.29) is 11.2 Å². The molecule has 0 aliphatic rings. The van der Waals surface area contributed by atoms with Gasteiger partial charge < -0.3 is 14.6 Å². The van der Waals surface area contributed by atoms with Crippen LogP contribution in [0.5, 0.6) is 0 Å². The number of nitrogens with zero attached hydrogens (tertiary/aromatic N) is 1. The molecule has 5 nitrogen and oxygen atoms in total. The van der Waals surface area contributed by atoms with Crippen molar-refractivity contribution in [2.75, 3.05) is 10.0 Å². The minimum absolute atomic E-state index is 0.102. The lowest BCUT2D eigenvalue weighted by Crippen LogP contribution is -2.16. The highest BCUT2D eigenvalue weighted by atomic mass is 32.2. The van der Waals surface area contributed by atoms with Crippen LogP contribution in [-0.2, 0) is 18.0 Å². The molecule has 1 atom stereocenters. The molecule has 1 heterocycles. The Bertz CT molecular complexity index is 1460. The van der Waals surface area contributed by atoms with Crippen LogP contribution in [0.25, 0.3) is 21.9 Å². The van der Waals surface area contributed by atoms with Gasteiger partial charge in [-0.15, -0.1) is 0 Å². The second-order valence-electron chi connectivity index (χ2n) is 7.38. The number of aromatic nitrogens is 1. The standard InChI is InChI=1S/C25H21F2N3O2S/c1-3-12-33(32)29-17-9-11-23(28-24-10-8-16(26)13-22(24)27)20(14-17)21-15-30(2)25(31)19-7-5-4-6-18(19)21/h3-15,28-29H,1-2H3/b12-3+. The van der Waals surface area contributed by atoms with E-state index in [2.05, 4.69) is 10.0 Å². The fourth-order valence-electron chi connectivity index (χ4n) is 3.58. The van der Waals surface area contributed by atoms with Gasteiger partial charge in [0.1, 0.15) is 22.6 Å². The summed E-state index contributed by atoms with van der Waals surface area (Å²) in [5.74, 6) is -1.41. The molecule has 0 saturated heterocycles. The summed E-state index contributed by atoms with van der Waals surface area (Å²) in [5, 5.41) is 5.79. The predicted molar refractivity (Wildman–Crippen MR) is 131 cm³/mol. The Morgan fingerprint density at radius 2 is 1.67 bits per heavy atom. The van der Waals surface area contributed by atoms with E-state index in [1.165, 1.54) is 22.1 Å².